The number of hydrogen-bond donors (Lipinski definition) is 1. The number of nitrogens with zero attached hydrogens (tertiary/aromatic N) is 3. The van der Waals surface area contributed by atoms with Crippen LogP contribution >= 0.6 is 23.6 Å². The Morgan fingerprint density at radius 3 is 2.48 bits per heavy atom. The predicted molar refractivity (Wildman–Crippen MR) is 134 cm³/mol. The van der Waals surface area contributed by atoms with E-state index in [4.69, 9.17) is 21.7 Å². The van der Waals surface area contributed by atoms with Gasteiger partial charge in [0, 0.05) is 46.8 Å². The van der Waals surface area contributed by atoms with Crippen molar-refractivity contribution in [2.24, 2.45) is 0 Å². The fourth-order valence-corrected chi connectivity index (χ4v) is 5.24. The van der Waals surface area contributed by atoms with E-state index in [1.807, 2.05) is 12.1 Å². The number of methoxy groups -OCH3 is 2. The Bertz CT molecular complexity index is 1030. The van der Waals surface area contributed by atoms with Crippen LogP contribution in [-0.2, 0) is 11.3 Å². The van der Waals surface area contributed by atoms with Crippen molar-refractivity contribution in [2.75, 3.05) is 59.8 Å². The highest BCUT2D eigenvalue weighted by Gasteiger charge is 2.28. The first-order valence-electron chi connectivity index (χ1n) is 10.6. The highest BCUT2D eigenvalue weighted by molar-refractivity contribution is 7.80. The molecule has 1 amide bonds. The van der Waals surface area contributed by atoms with Crippen molar-refractivity contribution in [3.63, 3.8) is 0 Å². The highest BCUT2D eigenvalue weighted by Crippen LogP contribution is 2.34. The lowest BCUT2D eigenvalue weighted by molar-refractivity contribution is 0.0601. The molecule has 1 saturated heterocycles. The number of amides is 1. The van der Waals surface area contributed by atoms with Gasteiger partial charge in [0.2, 0.25) is 0 Å². The largest absolute Gasteiger partial charge is 0.497 e. The summed E-state index contributed by atoms with van der Waals surface area (Å²) >= 11 is 6.87. The molecule has 0 bridgehead atoms. The zero-order valence-corrected chi connectivity index (χ0v) is 21.3. The minimum Gasteiger partial charge on any atom is -0.497 e. The Labute approximate surface area is 204 Å². The summed E-state index contributed by atoms with van der Waals surface area (Å²) in [5.74, 6) is 0.207. The molecule has 0 saturated carbocycles. The van der Waals surface area contributed by atoms with Gasteiger partial charge in [-0.15, -0.1) is 11.3 Å². The third kappa shape index (κ3) is 5.82. The van der Waals surface area contributed by atoms with Gasteiger partial charge in [-0.05, 0) is 42.4 Å². The molecule has 1 N–H and O–H groups in total. The summed E-state index contributed by atoms with van der Waals surface area (Å²) < 4.78 is 10.3. The molecule has 0 atom stereocenters. The first-order chi connectivity index (χ1) is 15.7. The van der Waals surface area contributed by atoms with Gasteiger partial charge < -0.3 is 24.6 Å². The van der Waals surface area contributed by atoms with Crippen molar-refractivity contribution in [1.29, 1.82) is 0 Å². The van der Waals surface area contributed by atoms with Crippen molar-refractivity contribution < 1.29 is 19.1 Å². The van der Waals surface area contributed by atoms with E-state index in [2.05, 4.69) is 27.2 Å². The smallest absolute Gasteiger partial charge is 0.341 e. The molecule has 1 fully saturated rings. The summed E-state index contributed by atoms with van der Waals surface area (Å²) in [6, 6.07) is 8.10. The van der Waals surface area contributed by atoms with Crippen molar-refractivity contribution in [3.05, 3.63) is 45.8 Å². The molecule has 1 aromatic heterocycles. The minimum atomic E-state index is -0.491. The van der Waals surface area contributed by atoms with Crippen LogP contribution < -0.4 is 10.1 Å². The summed E-state index contributed by atoms with van der Waals surface area (Å²) in [5, 5.41) is 4.27. The van der Waals surface area contributed by atoms with Crippen LogP contribution in [0.4, 0.5) is 5.00 Å². The standard InChI is InChI=1S/C23H30N4O4S2/c1-15-18(22(29)31-5)20(33-19(15)21(28)25(2)3)24-23(32)27-11-9-26(10-12-27)14-16-7-6-8-17(13-16)30-4/h6-8,13H,9-12,14H2,1-5H3,(H,24,32). The maximum Gasteiger partial charge on any atom is 0.341 e. The summed E-state index contributed by atoms with van der Waals surface area (Å²) in [6.45, 7) is 5.84. The van der Waals surface area contributed by atoms with Gasteiger partial charge in [0.1, 0.15) is 10.8 Å². The second-order valence-electron chi connectivity index (χ2n) is 8.00. The number of rotatable bonds is 6. The fourth-order valence-electron chi connectivity index (χ4n) is 3.67. The quantitative estimate of drug-likeness (QED) is 0.489. The lowest BCUT2D eigenvalue weighted by Gasteiger charge is -2.36. The molecule has 0 unspecified atom stereocenters. The number of nitrogens with one attached hydrogen (secondary N) is 1. The van der Waals surface area contributed by atoms with Gasteiger partial charge in [0.15, 0.2) is 5.11 Å². The van der Waals surface area contributed by atoms with Gasteiger partial charge >= 0.3 is 5.97 Å². The first-order valence-corrected chi connectivity index (χ1v) is 11.8. The van der Waals surface area contributed by atoms with Gasteiger partial charge in [-0.1, -0.05) is 12.1 Å². The van der Waals surface area contributed by atoms with Gasteiger partial charge in [-0.25, -0.2) is 4.79 Å². The summed E-state index contributed by atoms with van der Waals surface area (Å²) in [4.78, 5) is 31.4. The Morgan fingerprint density at radius 1 is 1.18 bits per heavy atom. The lowest BCUT2D eigenvalue weighted by Crippen LogP contribution is -2.49. The number of esters is 1. The van der Waals surface area contributed by atoms with Crippen LogP contribution in [0, 0.1) is 6.92 Å². The molecule has 0 aliphatic carbocycles. The number of carbonyl (C=O) groups excluding carboxylic acids is 2. The number of thiophene rings is 1. The summed E-state index contributed by atoms with van der Waals surface area (Å²) in [6.07, 6.45) is 0. The number of ether oxygens (including phenoxy) is 2. The van der Waals surface area contributed by atoms with E-state index in [9.17, 15) is 9.59 Å². The van der Waals surface area contributed by atoms with Crippen molar-refractivity contribution in [3.8, 4) is 5.75 Å². The molecule has 10 heteroatoms. The maximum atomic E-state index is 12.6. The second-order valence-corrected chi connectivity index (χ2v) is 9.40. The molecule has 3 rings (SSSR count). The normalized spacial score (nSPS) is 14.0. The Hall–Kier alpha value is -2.69. The van der Waals surface area contributed by atoms with E-state index < -0.39 is 5.97 Å². The summed E-state index contributed by atoms with van der Waals surface area (Å²) in [7, 11) is 6.37. The molecule has 1 aliphatic rings. The maximum absolute atomic E-state index is 12.6. The average molecular weight is 491 g/mol. The van der Waals surface area contributed by atoms with E-state index in [0.29, 0.717) is 26.1 Å². The van der Waals surface area contributed by atoms with E-state index in [-0.39, 0.29) is 5.91 Å². The van der Waals surface area contributed by atoms with Crippen molar-refractivity contribution >= 4 is 45.5 Å². The predicted octanol–water partition coefficient (Wildman–Crippen LogP) is 3.07. The van der Waals surface area contributed by atoms with Crippen LogP contribution in [-0.4, -0.2) is 86.2 Å². The SMILES string of the molecule is COC(=O)c1c(NC(=S)N2CCN(Cc3cccc(OC)c3)CC2)sc(C(=O)N(C)C)c1C. The van der Waals surface area contributed by atoms with Crippen molar-refractivity contribution in [1.82, 2.24) is 14.7 Å². The zero-order valence-electron chi connectivity index (χ0n) is 19.6. The molecule has 1 aliphatic heterocycles. The lowest BCUT2D eigenvalue weighted by atomic mass is 10.1. The molecule has 8 nitrogen and oxygen atoms in total. The van der Waals surface area contributed by atoms with Crippen LogP contribution in [0.15, 0.2) is 24.3 Å². The third-order valence-electron chi connectivity index (χ3n) is 5.56. The Morgan fingerprint density at radius 2 is 1.88 bits per heavy atom. The van der Waals surface area contributed by atoms with Crippen molar-refractivity contribution in [2.45, 2.75) is 13.5 Å². The van der Waals surface area contributed by atoms with Crippen LogP contribution in [0.3, 0.4) is 0 Å². The number of anilines is 1. The number of thiocarbonyl (C=S) groups is 1. The molecular weight excluding hydrogens is 460 g/mol. The van der Waals surface area contributed by atoms with E-state index in [1.165, 1.54) is 28.9 Å². The minimum absolute atomic E-state index is 0.159. The number of carbonyl (C=O) groups is 2. The number of benzene rings is 1. The molecule has 0 spiro atoms. The molecule has 178 valence electrons. The van der Waals surface area contributed by atoms with E-state index in [0.717, 1.165) is 38.5 Å². The Kier molecular flexibility index (Phi) is 8.28. The van der Waals surface area contributed by atoms with Crippen LogP contribution in [0.2, 0.25) is 0 Å². The van der Waals surface area contributed by atoms with Gasteiger partial charge in [-0.3, -0.25) is 9.69 Å². The average Bonchev–Trinajstić information content (AvgIpc) is 3.13. The zero-order chi connectivity index (χ0) is 24.1. The topological polar surface area (TPSA) is 74.4 Å². The molecule has 33 heavy (non-hydrogen) atoms. The van der Waals surface area contributed by atoms with Crippen LogP contribution in [0.25, 0.3) is 0 Å². The molecule has 0 radical (unpaired) electrons. The van der Waals surface area contributed by atoms with E-state index in [1.54, 1.807) is 28.1 Å². The van der Waals surface area contributed by atoms with E-state index >= 15 is 0 Å². The highest BCUT2D eigenvalue weighted by atomic mass is 32.1. The van der Waals surface area contributed by atoms with Crippen LogP contribution in [0.1, 0.15) is 31.2 Å². The third-order valence-corrected chi connectivity index (χ3v) is 7.11. The monoisotopic (exact) mass is 490 g/mol. The molecule has 2 aromatic rings. The van der Waals surface area contributed by atoms with Gasteiger partial charge in [0.05, 0.1) is 24.7 Å². The summed E-state index contributed by atoms with van der Waals surface area (Å²) in [5.41, 5.74) is 2.16. The van der Waals surface area contributed by atoms with Gasteiger partial charge in [-0.2, -0.15) is 0 Å². The van der Waals surface area contributed by atoms with Crippen LogP contribution in [0.5, 0.6) is 5.75 Å². The second kappa shape index (κ2) is 11.0. The van der Waals surface area contributed by atoms with Gasteiger partial charge in [0.25, 0.3) is 5.91 Å². The molecule has 2 heterocycles. The number of hydrogen-bond acceptors (Lipinski definition) is 7. The molecule has 1 aromatic carbocycles. The molecular formula is C23H30N4O4S2. The fraction of sp³-hybridized carbons (Fsp3) is 0.435. The number of piperazine rings is 1. The first kappa shape index (κ1) is 24.9. The Balaban J connectivity index is 1.66.